The van der Waals surface area contributed by atoms with E-state index in [0.717, 1.165) is 4.47 Å². The average molecular weight is 302 g/mol. The molecule has 0 aliphatic carbocycles. The zero-order valence-corrected chi connectivity index (χ0v) is 11.5. The van der Waals surface area contributed by atoms with Crippen LogP contribution in [0.5, 0.6) is 5.75 Å². The molecule has 0 saturated heterocycles. The minimum Gasteiger partial charge on any atom is -0.496 e. The lowest BCUT2D eigenvalue weighted by Gasteiger charge is -2.21. The van der Waals surface area contributed by atoms with Crippen LogP contribution < -0.4 is 4.74 Å². The van der Waals surface area contributed by atoms with Crippen molar-refractivity contribution in [3.63, 3.8) is 0 Å². The van der Waals surface area contributed by atoms with Gasteiger partial charge in [-0.3, -0.25) is 4.79 Å². The number of aliphatic hydroxyl groups excluding tert-OH is 1. The summed E-state index contributed by atoms with van der Waals surface area (Å²) in [6.45, 7) is 2.70. The molecule has 0 heterocycles. The maximum atomic E-state index is 12.2. The van der Waals surface area contributed by atoms with Crippen LogP contribution in [-0.2, 0) is 0 Å². The predicted octanol–water partition coefficient (Wildman–Crippen LogP) is 1.91. The van der Waals surface area contributed by atoms with Crippen LogP contribution in [0.3, 0.4) is 0 Å². The highest BCUT2D eigenvalue weighted by Gasteiger charge is 2.18. The van der Waals surface area contributed by atoms with Gasteiger partial charge in [0.05, 0.1) is 19.3 Å². The molecule has 0 bridgehead atoms. The Balaban J connectivity index is 3.04. The summed E-state index contributed by atoms with van der Waals surface area (Å²) < 4.78 is 5.98. The number of aliphatic hydroxyl groups is 1. The largest absolute Gasteiger partial charge is 0.496 e. The van der Waals surface area contributed by atoms with Gasteiger partial charge in [0, 0.05) is 17.6 Å². The molecule has 1 N–H and O–H groups in total. The highest BCUT2D eigenvalue weighted by molar-refractivity contribution is 9.10. The van der Waals surface area contributed by atoms with Crippen molar-refractivity contribution in [3.8, 4) is 5.75 Å². The van der Waals surface area contributed by atoms with Crippen molar-refractivity contribution in [2.75, 3.05) is 26.8 Å². The van der Waals surface area contributed by atoms with Gasteiger partial charge in [0.15, 0.2) is 0 Å². The molecule has 1 rings (SSSR count). The van der Waals surface area contributed by atoms with Crippen LogP contribution in [0.4, 0.5) is 0 Å². The molecule has 1 amide bonds. The quantitative estimate of drug-likeness (QED) is 0.904. The predicted molar refractivity (Wildman–Crippen MR) is 69.4 cm³/mol. The SMILES string of the molecule is CCN(CCO)C(=O)c1cc(Br)ccc1OC. The molecule has 0 fully saturated rings. The van der Waals surface area contributed by atoms with E-state index in [1.54, 1.807) is 17.0 Å². The van der Waals surface area contributed by atoms with E-state index >= 15 is 0 Å². The van der Waals surface area contributed by atoms with Crippen molar-refractivity contribution >= 4 is 21.8 Å². The number of methoxy groups -OCH3 is 1. The van der Waals surface area contributed by atoms with Gasteiger partial charge < -0.3 is 14.7 Å². The van der Waals surface area contributed by atoms with E-state index in [9.17, 15) is 4.79 Å². The Morgan fingerprint density at radius 1 is 1.53 bits per heavy atom. The molecule has 0 spiro atoms. The van der Waals surface area contributed by atoms with Crippen LogP contribution in [0.15, 0.2) is 22.7 Å². The monoisotopic (exact) mass is 301 g/mol. The number of nitrogens with zero attached hydrogens (tertiary/aromatic N) is 1. The number of carbonyl (C=O) groups is 1. The first-order valence-corrected chi connectivity index (χ1v) is 6.17. The lowest BCUT2D eigenvalue weighted by atomic mass is 10.1. The number of hydrogen-bond donors (Lipinski definition) is 1. The Bertz CT molecular complexity index is 395. The van der Waals surface area contributed by atoms with Gasteiger partial charge in [-0.2, -0.15) is 0 Å². The zero-order chi connectivity index (χ0) is 12.8. The second-order valence-electron chi connectivity index (χ2n) is 3.45. The summed E-state index contributed by atoms with van der Waals surface area (Å²) in [5, 5.41) is 8.91. The molecule has 94 valence electrons. The number of carbonyl (C=O) groups excluding carboxylic acids is 1. The number of halogens is 1. The van der Waals surface area contributed by atoms with Crippen LogP contribution in [0.1, 0.15) is 17.3 Å². The molecule has 0 saturated carbocycles. The molecule has 0 unspecified atom stereocenters. The number of rotatable bonds is 5. The van der Waals surface area contributed by atoms with E-state index in [1.165, 1.54) is 7.11 Å². The van der Waals surface area contributed by atoms with Crippen molar-refractivity contribution in [2.45, 2.75) is 6.92 Å². The normalized spacial score (nSPS) is 10.1. The first-order valence-electron chi connectivity index (χ1n) is 5.37. The standard InChI is InChI=1S/C12H16BrNO3/c1-3-14(6-7-15)12(16)10-8-9(13)4-5-11(10)17-2/h4-5,8,15H,3,6-7H2,1-2H3. The highest BCUT2D eigenvalue weighted by atomic mass is 79.9. The zero-order valence-electron chi connectivity index (χ0n) is 9.94. The van der Waals surface area contributed by atoms with Crippen molar-refractivity contribution in [1.82, 2.24) is 4.90 Å². The van der Waals surface area contributed by atoms with Crippen LogP contribution >= 0.6 is 15.9 Å². The third-order valence-electron chi connectivity index (χ3n) is 2.43. The molecule has 17 heavy (non-hydrogen) atoms. The molecular formula is C12H16BrNO3. The smallest absolute Gasteiger partial charge is 0.257 e. The lowest BCUT2D eigenvalue weighted by Crippen LogP contribution is -2.33. The Kier molecular flexibility index (Phi) is 5.44. The van der Waals surface area contributed by atoms with Crippen molar-refractivity contribution in [1.29, 1.82) is 0 Å². The molecule has 4 nitrogen and oxygen atoms in total. The fourth-order valence-corrected chi connectivity index (χ4v) is 1.90. The summed E-state index contributed by atoms with van der Waals surface area (Å²) in [6.07, 6.45) is 0. The van der Waals surface area contributed by atoms with Crippen molar-refractivity contribution in [2.24, 2.45) is 0 Å². The second kappa shape index (κ2) is 6.61. The average Bonchev–Trinajstić information content (AvgIpc) is 2.35. The first kappa shape index (κ1) is 14.0. The van der Waals surface area contributed by atoms with Gasteiger partial charge in [-0.25, -0.2) is 0 Å². The Hall–Kier alpha value is -1.07. The summed E-state index contributed by atoms with van der Waals surface area (Å²) in [4.78, 5) is 13.8. The number of benzene rings is 1. The van der Waals surface area contributed by atoms with Gasteiger partial charge in [-0.05, 0) is 25.1 Å². The molecule has 0 aromatic heterocycles. The fourth-order valence-electron chi connectivity index (χ4n) is 1.54. The number of likely N-dealkylation sites (N-methyl/N-ethyl adjacent to an activating group) is 1. The molecule has 5 heteroatoms. The van der Waals surface area contributed by atoms with Crippen LogP contribution in [0.25, 0.3) is 0 Å². The molecule has 1 aromatic rings. The summed E-state index contributed by atoms with van der Waals surface area (Å²) in [5.41, 5.74) is 0.497. The van der Waals surface area contributed by atoms with Crippen LogP contribution in [0.2, 0.25) is 0 Å². The fraction of sp³-hybridized carbons (Fsp3) is 0.417. The minimum absolute atomic E-state index is 0.0457. The van der Waals surface area contributed by atoms with Gasteiger partial charge in [-0.15, -0.1) is 0 Å². The Labute approximate surface area is 109 Å². The van der Waals surface area contributed by atoms with E-state index < -0.39 is 0 Å². The Morgan fingerprint density at radius 3 is 2.76 bits per heavy atom. The molecule has 0 aliphatic rings. The van der Waals surface area contributed by atoms with Gasteiger partial charge in [-0.1, -0.05) is 15.9 Å². The molecule has 0 atom stereocenters. The minimum atomic E-state index is -0.139. The maximum Gasteiger partial charge on any atom is 0.257 e. The van der Waals surface area contributed by atoms with Gasteiger partial charge in [0.1, 0.15) is 5.75 Å². The highest BCUT2D eigenvalue weighted by Crippen LogP contribution is 2.24. The second-order valence-corrected chi connectivity index (χ2v) is 4.37. The van der Waals surface area contributed by atoms with Gasteiger partial charge >= 0.3 is 0 Å². The van der Waals surface area contributed by atoms with Crippen molar-refractivity contribution < 1.29 is 14.6 Å². The summed E-state index contributed by atoms with van der Waals surface area (Å²) in [7, 11) is 1.53. The molecule has 0 radical (unpaired) electrons. The van der Waals surface area contributed by atoms with E-state index in [2.05, 4.69) is 15.9 Å². The van der Waals surface area contributed by atoms with Crippen LogP contribution in [0, 0.1) is 0 Å². The van der Waals surface area contributed by atoms with E-state index in [-0.39, 0.29) is 12.5 Å². The number of ether oxygens (including phenoxy) is 1. The summed E-state index contributed by atoms with van der Waals surface area (Å²) >= 11 is 3.33. The van der Waals surface area contributed by atoms with E-state index in [4.69, 9.17) is 9.84 Å². The van der Waals surface area contributed by atoms with Crippen LogP contribution in [-0.4, -0.2) is 42.7 Å². The number of amides is 1. The van der Waals surface area contributed by atoms with Gasteiger partial charge in [0.2, 0.25) is 0 Å². The lowest BCUT2D eigenvalue weighted by molar-refractivity contribution is 0.0728. The summed E-state index contributed by atoms with van der Waals surface area (Å²) in [6, 6.07) is 5.28. The summed E-state index contributed by atoms with van der Waals surface area (Å²) in [5.74, 6) is 0.397. The van der Waals surface area contributed by atoms with E-state index in [0.29, 0.717) is 24.4 Å². The van der Waals surface area contributed by atoms with Crippen molar-refractivity contribution in [3.05, 3.63) is 28.2 Å². The Morgan fingerprint density at radius 2 is 2.24 bits per heavy atom. The maximum absolute atomic E-state index is 12.2. The molecule has 0 aliphatic heterocycles. The third kappa shape index (κ3) is 3.44. The topological polar surface area (TPSA) is 49.8 Å². The number of hydrogen-bond acceptors (Lipinski definition) is 3. The van der Waals surface area contributed by atoms with E-state index in [1.807, 2.05) is 13.0 Å². The first-order chi connectivity index (χ1) is 8.13. The molecule has 1 aromatic carbocycles. The molecular weight excluding hydrogens is 286 g/mol. The van der Waals surface area contributed by atoms with Gasteiger partial charge in [0.25, 0.3) is 5.91 Å². The third-order valence-corrected chi connectivity index (χ3v) is 2.92.